The van der Waals surface area contributed by atoms with Crippen LogP contribution in [0.4, 0.5) is 0 Å². The highest BCUT2D eigenvalue weighted by molar-refractivity contribution is 5.82. The number of nitrogens with one attached hydrogen (secondary N) is 2. The Morgan fingerprint density at radius 1 is 1.44 bits per heavy atom. The summed E-state index contributed by atoms with van der Waals surface area (Å²) in [5.74, 6) is -0.478. The lowest BCUT2D eigenvalue weighted by molar-refractivity contribution is -0.123. The van der Waals surface area contributed by atoms with Crippen molar-refractivity contribution in [1.29, 1.82) is 0 Å². The third-order valence-electron chi connectivity index (χ3n) is 2.27. The van der Waals surface area contributed by atoms with Crippen molar-refractivity contribution in [2.24, 2.45) is 5.73 Å². The molecule has 2 atom stereocenters. The maximum atomic E-state index is 11.3. The molecule has 0 saturated heterocycles. The summed E-state index contributed by atoms with van der Waals surface area (Å²) < 4.78 is 0. The molecule has 0 heterocycles. The Balaban J connectivity index is 3.69. The van der Waals surface area contributed by atoms with Crippen LogP contribution in [0.3, 0.4) is 0 Å². The fourth-order valence-corrected chi connectivity index (χ4v) is 1.07. The standard InChI is InChI=1S/C10H21N3O3/c1-3-7(14)6-13-9(15)5-4-8(11)10(16)12-2/h7-8,14H,3-6,11H2,1-2H3,(H,12,16)(H,13,15)/t7?,8-/m0/s1. The minimum absolute atomic E-state index is 0.186. The van der Waals surface area contributed by atoms with Crippen LogP contribution in [-0.2, 0) is 9.59 Å². The summed E-state index contributed by atoms with van der Waals surface area (Å²) in [7, 11) is 1.50. The molecule has 0 rings (SSSR count). The summed E-state index contributed by atoms with van der Waals surface area (Å²) in [5, 5.41) is 14.2. The minimum atomic E-state index is -0.660. The quantitative estimate of drug-likeness (QED) is 0.438. The van der Waals surface area contributed by atoms with Crippen molar-refractivity contribution in [3.63, 3.8) is 0 Å². The number of nitrogens with two attached hydrogens (primary N) is 1. The fourth-order valence-electron chi connectivity index (χ4n) is 1.07. The molecular formula is C10H21N3O3. The highest BCUT2D eigenvalue weighted by Crippen LogP contribution is 1.95. The van der Waals surface area contributed by atoms with Gasteiger partial charge in [0.25, 0.3) is 0 Å². The van der Waals surface area contributed by atoms with Crippen LogP contribution < -0.4 is 16.4 Å². The van der Waals surface area contributed by atoms with Gasteiger partial charge in [-0.15, -0.1) is 0 Å². The Morgan fingerprint density at radius 2 is 2.06 bits per heavy atom. The van der Waals surface area contributed by atoms with E-state index in [9.17, 15) is 14.7 Å². The summed E-state index contributed by atoms with van der Waals surface area (Å²) in [5.41, 5.74) is 5.52. The van der Waals surface area contributed by atoms with E-state index in [1.165, 1.54) is 7.05 Å². The maximum absolute atomic E-state index is 11.3. The molecule has 0 spiro atoms. The number of hydrogen-bond donors (Lipinski definition) is 4. The van der Waals surface area contributed by atoms with Crippen LogP contribution in [0.5, 0.6) is 0 Å². The molecule has 1 unspecified atom stereocenters. The maximum Gasteiger partial charge on any atom is 0.236 e. The molecule has 94 valence electrons. The molecule has 6 nitrogen and oxygen atoms in total. The molecule has 0 aromatic carbocycles. The third kappa shape index (κ3) is 6.36. The van der Waals surface area contributed by atoms with Gasteiger partial charge in [0.2, 0.25) is 11.8 Å². The van der Waals surface area contributed by atoms with Gasteiger partial charge < -0.3 is 21.5 Å². The highest BCUT2D eigenvalue weighted by atomic mass is 16.3. The Bertz CT molecular complexity index is 233. The average Bonchev–Trinajstić information content (AvgIpc) is 2.31. The zero-order chi connectivity index (χ0) is 12.6. The van der Waals surface area contributed by atoms with Gasteiger partial charge in [0.1, 0.15) is 0 Å². The van der Waals surface area contributed by atoms with Crippen molar-refractivity contribution < 1.29 is 14.7 Å². The molecule has 2 amide bonds. The van der Waals surface area contributed by atoms with Gasteiger partial charge in [-0.25, -0.2) is 0 Å². The van der Waals surface area contributed by atoms with Crippen molar-refractivity contribution in [2.45, 2.75) is 38.3 Å². The first-order chi connectivity index (χ1) is 7.51. The summed E-state index contributed by atoms with van der Waals surface area (Å²) in [4.78, 5) is 22.3. The fraction of sp³-hybridized carbons (Fsp3) is 0.800. The number of rotatable bonds is 7. The smallest absolute Gasteiger partial charge is 0.236 e. The van der Waals surface area contributed by atoms with Gasteiger partial charge in [0.05, 0.1) is 12.1 Å². The lowest BCUT2D eigenvalue weighted by atomic mass is 10.1. The predicted molar refractivity (Wildman–Crippen MR) is 60.6 cm³/mol. The van der Waals surface area contributed by atoms with E-state index in [4.69, 9.17) is 5.73 Å². The van der Waals surface area contributed by atoms with Crippen molar-refractivity contribution in [1.82, 2.24) is 10.6 Å². The second kappa shape index (κ2) is 8.06. The predicted octanol–water partition coefficient (Wildman–Crippen LogP) is -1.27. The molecule has 0 bridgehead atoms. The molecule has 0 aliphatic rings. The van der Waals surface area contributed by atoms with E-state index in [1.807, 2.05) is 6.92 Å². The van der Waals surface area contributed by atoms with Crippen LogP contribution in [-0.4, -0.2) is 42.7 Å². The van der Waals surface area contributed by atoms with Gasteiger partial charge in [0, 0.05) is 20.0 Å². The van der Waals surface area contributed by atoms with Gasteiger partial charge in [-0.05, 0) is 12.8 Å². The minimum Gasteiger partial charge on any atom is -0.391 e. The summed E-state index contributed by atoms with van der Waals surface area (Å²) in [6.07, 6.45) is 0.563. The molecular weight excluding hydrogens is 210 g/mol. The first kappa shape index (κ1) is 14.9. The monoisotopic (exact) mass is 231 g/mol. The molecule has 0 aromatic rings. The van der Waals surface area contributed by atoms with Crippen LogP contribution >= 0.6 is 0 Å². The van der Waals surface area contributed by atoms with Crippen molar-refractivity contribution in [3.05, 3.63) is 0 Å². The number of hydrogen-bond acceptors (Lipinski definition) is 4. The zero-order valence-electron chi connectivity index (χ0n) is 9.82. The number of aliphatic hydroxyl groups excluding tert-OH is 1. The van der Waals surface area contributed by atoms with E-state index >= 15 is 0 Å². The van der Waals surface area contributed by atoms with E-state index in [2.05, 4.69) is 10.6 Å². The van der Waals surface area contributed by atoms with Crippen LogP contribution in [0.15, 0.2) is 0 Å². The Hall–Kier alpha value is -1.14. The van der Waals surface area contributed by atoms with E-state index in [0.29, 0.717) is 12.8 Å². The highest BCUT2D eigenvalue weighted by Gasteiger charge is 2.13. The summed E-state index contributed by atoms with van der Waals surface area (Å²) in [6.45, 7) is 2.07. The van der Waals surface area contributed by atoms with Crippen LogP contribution in [0.25, 0.3) is 0 Å². The van der Waals surface area contributed by atoms with Crippen LogP contribution in [0, 0.1) is 0 Å². The van der Waals surface area contributed by atoms with Gasteiger partial charge in [-0.2, -0.15) is 0 Å². The average molecular weight is 231 g/mol. The number of amides is 2. The third-order valence-corrected chi connectivity index (χ3v) is 2.27. The number of likely N-dealkylation sites (N-methyl/N-ethyl adjacent to an activating group) is 1. The second-order valence-electron chi connectivity index (χ2n) is 3.63. The topological polar surface area (TPSA) is 104 Å². The molecule has 0 fully saturated rings. The van der Waals surface area contributed by atoms with Crippen molar-refractivity contribution >= 4 is 11.8 Å². The number of carbonyl (C=O) groups is 2. The molecule has 5 N–H and O–H groups in total. The summed E-state index contributed by atoms with van der Waals surface area (Å²) >= 11 is 0. The molecule has 6 heteroatoms. The van der Waals surface area contributed by atoms with E-state index in [0.717, 1.165) is 0 Å². The van der Waals surface area contributed by atoms with Gasteiger partial charge in [0.15, 0.2) is 0 Å². The van der Waals surface area contributed by atoms with Gasteiger partial charge >= 0.3 is 0 Å². The van der Waals surface area contributed by atoms with Crippen molar-refractivity contribution in [3.8, 4) is 0 Å². The number of aliphatic hydroxyl groups is 1. The summed E-state index contributed by atoms with van der Waals surface area (Å²) in [6, 6.07) is -0.660. The SMILES string of the molecule is CCC(O)CNC(=O)CC[C@H](N)C(=O)NC. The van der Waals surface area contributed by atoms with Crippen LogP contribution in [0.2, 0.25) is 0 Å². The molecule has 0 aliphatic heterocycles. The Labute approximate surface area is 95.6 Å². The zero-order valence-corrected chi connectivity index (χ0v) is 9.82. The van der Waals surface area contributed by atoms with E-state index in [-0.39, 0.29) is 24.8 Å². The van der Waals surface area contributed by atoms with E-state index in [1.54, 1.807) is 0 Å². The van der Waals surface area contributed by atoms with Crippen molar-refractivity contribution in [2.75, 3.05) is 13.6 Å². The molecule has 0 saturated carbocycles. The molecule has 16 heavy (non-hydrogen) atoms. The Morgan fingerprint density at radius 3 is 2.56 bits per heavy atom. The normalized spacial score (nSPS) is 14.0. The lowest BCUT2D eigenvalue weighted by Crippen LogP contribution is -2.40. The molecule has 0 radical (unpaired) electrons. The lowest BCUT2D eigenvalue weighted by Gasteiger charge is -2.11. The van der Waals surface area contributed by atoms with Crippen LogP contribution in [0.1, 0.15) is 26.2 Å². The van der Waals surface area contributed by atoms with E-state index < -0.39 is 12.1 Å². The number of carbonyl (C=O) groups excluding carboxylic acids is 2. The molecule has 0 aromatic heterocycles. The first-order valence-electron chi connectivity index (χ1n) is 5.43. The molecule has 0 aliphatic carbocycles. The van der Waals surface area contributed by atoms with Gasteiger partial charge in [-0.1, -0.05) is 6.92 Å². The first-order valence-corrected chi connectivity index (χ1v) is 5.43. The Kier molecular flexibility index (Phi) is 7.49. The second-order valence-corrected chi connectivity index (χ2v) is 3.63. The van der Waals surface area contributed by atoms with Gasteiger partial charge in [-0.3, -0.25) is 9.59 Å². The largest absolute Gasteiger partial charge is 0.391 e.